The molecule has 6 heteroatoms. The van der Waals surface area contributed by atoms with Crippen LogP contribution in [0.1, 0.15) is 12.0 Å². The topological polar surface area (TPSA) is 20.2 Å². The molecule has 0 amide bonds. The molecule has 1 aromatic carbocycles. The molecule has 0 aliphatic rings. The van der Waals surface area contributed by atoms with Gasteiger partial charge in [-0.05, 0) is 12.0 Å². The number of benzene rings is 1. The number of halogens is 5. The molecular weight excluding hydrogens is 255 g/mol. The van der Waals surface area contributed by atoms with Crippen molar-refractivity contribution in [2.75, 3.05) is 0 Å². The van der Waals surface area contributed by atoms with E-state index in [0.717, 1.165) is 6.08 Å². The Labute approximate surface area is 101 Å². The highest BCUT2D eigenvalue weighted by Crippen LogP contribution is 2.39. The largest absolute Gasteiger partial charge is 0.456 e. The van der Waals surface area contributed by atoms with E-state index in [4.69, 9.17) is 5.11 Å². The first-order valence-corrected chi connectivity index (χ1v) is 5.09. The molecule has 1 rings (SSSR count). The smallest absolute Gasteiger partial charge is 0.386 e. The van der Waals surface area contributed by atoms with Crippen molar-refractivity contribution >= 4 is 6.08 Å². The van der Waals surface area contributed by atoms with Gasteiger partial charge in [0.2, 0.25) is 0 Å². The van der Waals surface area contributed by atoms with Crippen LogP contribution in [0.4, 0.5) is 22.0 Å². The highest BCUT2D eigenvalue weighted by molar-refractivity contribution is 5.48. The van der Waals surface area contributed by atoms with Crippen LogP contribution in [0.5, 0.6) is 0 Å². The van der Waals surface area contributed by atoms with Crippen LogP contribution >= 0.6 is 0 Å². The van der Waals surface area contributed by atoms with Crippen LogP contribution in [-0.4, -0.2) is 23.3 Å². The molecular formula is C12H11F5O. The number of hydrogen-bond acceptors (Lipinski definition) is 1. The van der Waals surface area contributed by atoms with Gasteiger partial charge in [0.05, 0.1) is 0 Å². The zero-order chi connectivity index (χ0) is 13.8. The molecule has 1 unspecified atom stereocenters. The highest BCUT2D eigenvalue weighted by Gasteiger charge is 2.61. The Bertz CT molecular complexity index is 397. The number of rotatable bonds is 4. The van der Waals surface area contributed by atoms with Crippen molar-refractivity contribution in [3.63, 3.8) is 0 Å². The van der Waals surface area contributed by atoms with Gasteiger partial charge in [-0.2, -0.15) is 22.0 Å². The highest BCUT2D eigenvalue weighted by atomic mass is 19.4. The summed E-state index contributed by atoms with van der Waals surface area (Å²) in [7, 11) is 0. The molecule has 0 saturated carbocycles. The Kier molecular flexibility index (Phi) is 4.45. The van der Waals surface area contributed by atoms with Gasteiger partial charge in [0, 0.05) is 0 Å². The second-order valence-corrected chi connectivity index (χ2v) is 3.69. The standard InChI is InChI=1S/C12H11F5O/c13-11(14,12(15,16)17)10(18)8-4-7-9-5-2-1-3-6-9/h1-7,10,18H,8H2. The summed E-state index contributed by atoms with van der Waals surface area (Å²) in [6, 6.07) is 8.44. The average Bonchev–Trinajstić information content (AvgIpc) is 2.28. The van der Waals surface area contributed by atoms with Crippen molar-refractivity contribution < 1.29 is 27.1 Å². The Morgan fingerprint density at radius 2 is 1.61 bits per heavy atom. The molecule has 1 atom stereocenters. The van der Waals surface area contributed by atoms with E-state index in [0.29, 0.717) is 5.56 Å². The molecule has 0 radical (unpaired) electrons. The van der Waals surface area contributed by atoms with Crippen LogP contribution in [0.25, 0.3) is 6.08 Å². The van der Waals surface area contributed by atoms with Crippen LogP contribution in [0, 0.1) is 0 Å². The first kappa shape index (κ1) is 14.6. The quantitative estimate of drug-likeness (QED) is 0.825. The lowest BCUT2D eigenvalue weighted by Crippen LogP contribution is -2.46. The Morgan fingerprint density at radius 3 is 2.11 bits per heavy atom. The molecule has 0 fully saturated rings. The Morgan fingerprint density at radius 1 is 1.06 bits per heavy atom. The molecule has 0 aliphatic heterocycles. The zero-order valence-corrected chi connectivity index (χ0v) is 9.16. The second kappa shape index (κ2) is 5.48. The maximum atomic E-state index is 12.6. The van der Waals surface area contributed by atoms with Crippen LogP contribution in [0.2, 0.25) is 0 Å². The van der Waals surface area contributed by atoms with Gasteiger partial charge >= 0.3 is 12.1 Å². The maximum absolute atomic E-state index is 12.6. The van der Waals surface area contributed by atoms with Crippen molar-refractivity contribution in [3.05, 3.63) is 42.0 Å². The number of alkyl halides is 5. The first-order chi connectivity index (χ1) is 8.25. The normalized spacial score (nSPS) is 15.0. The SMILES string of the molecule is OC(CC=Cc1ccccc1)C(F)(F)C(F)(F)F. The summed E-state index contributed by atoms with van der Waals surface area (Å²) in [5.41, 5.74) is 0.653. The van der Waals surface area contributed by atoms with E-state index in [-0.39, 0.29) is 0 Å². The second-order valence-electron chi connectivity index (χ2n) is 3.69. The van der Waals surface area contributed by atoms with Gasteiger partial charge in [-0.1, -0.05) is 42.5 Å². The summed E-state index contributed by atoms with van der Waals surface area (Å²) >= 11 is 0. The van der Waals surface area contributed by atoms with E-state index in [1.807, 2.05) is 0 Å². The van der Waals surface area contributed by atoms with Gasteiger partial charge in [0.25, 0.3) is 0 Å². The third-order valence-corrected chi connectivity index (χ3v) is 2.27. The van der Waals surface area contributed by atoms with Crippen molar-refractivity contribution in [1.29, 1.82) is 0 Å². The third-order valence-electron chi connectivity index (χ3n) is 2.27. The van der Waals surface area contributed by atoms with Crippen molar-refractivity contribution in [2.45, 2.75) is 24.6 Å². The van der Waals surface area contributed by atoms with E-state index >= 15 is 0 Å². The predicted octanol–water partition coefficient (Wildman–Crippen LogP) is 3.65. The van der Waals surface area contributed by atoms with Crippen LogP contribution in [-0.2, 0) is 0 Å². The van der Waals surface area contributed by atoms with Gasteiger partial charge < -0.3 is 5.11 Å². The fourth-order valence-corrected chi connectivity index (χ4v) is 1.23. The molecule has 0 bridgehead atoms. The summed E-state index contributed by atoms with van der Waals surface area (Å²) in [5.74, 6) is -5.10. The summed E-state index contributed by atoms with van der Waals surface area (Å²) < 4.78 is 61.0. The summed E-state index contributed by atoms with van der Waals surface area (Å²) in [6.45, 7) is 0. The summed E-state index contributed by atoms with van der Waals surface area (Å²) in [6.07, 6.45) is -6.85. The minimum Gasteiger partial charge on any atom is -0.386 e. The number of aliphatic hydroxyl groups is 1. The fraction of sp³-hybridized carbons (Fsp3) is 0.333. The van der Waals surface area contributed by atoms with E-state index in [1.165, 1.54) is 6.08 Å². The lowest BCUT2D eigenvalue weighted by atomic mass is 10.1. The predicted molar refractivity (Wildman–Crippen MR) is 57.1 cm³/mol. The van der Waals surface area contributed by atoms with Gasteiger partial charge in [-0.3, -0.25) is 0 Å². The van der Waals surface area contributed by atoms with E-state index < -0.39 is 24.6 Å². The minimum absolute atomic E-state index is 0.653. The molecule has 0 aromatic heterocycles. The minimum atomic E-state index is -5.74. The Hall–Kier alpha value is -1.43. The van der Waals surface area contributed by atoms with E-state index in [1.54, 1.807) is 30.3 Å². The monoisotopic (exact) mass is 266 g/mol. The van der Waals surface area contributed by atoms with Gasteiger partial charge in [-0.25, -0.2) is 0 Å². The lowest BCUT2D eigenvalue weighted by Gasteiger charge is -2.23. The molecule has 1 aromatic rings. The Balaban J connectivity index is 2.62. The van der Waals surface area contributed by atoms with Crippen molar-refractivity contribution in [2.24, 2.45) is 0 Å². The van der Waals surface area contributed by atoms with Crippen molar-refractivity contribution in [1.82, 2.24) is 0 Å². The first-order valence-electron chi connectivity index (χ1n) is 5.09. The average molecular weight is 266 g/mol. The molecule has 1 nitrogen and oxygen atoms in total. The number of hydrogen-bond donors (Lipinski definition) is 1. The molecule has 0 heterocycles. The zero-order valence-electron chi connectivity index (χ0n) is 9.16. The van der Waals surface area contributed by atoms with Crippen LogP contribution in [0.3, 0.4) is 0 Å². The van der Waals surface area contributed by atoms with Gasteiger partial charge in [0.15, 0.2) is 0 Å². The fourth-order valence-electron chi connectivity index (χ4n) is 1.23. The molecule has 0 spiro atoms. The molecule has 1 N–H and O–H groups in total. The van der Waals surface area contributed by atoms with Gasteiger partial charge in [0.1, 0.15) is 6.10 Å². The van der Waals surface area contributed by atoms with Crippen LogP contribution < -0.4 is 0 Å². The summed E-state index contributed by atoms with van der Waals surface area (Å²) in [4.78, 5) is 0. The molecule has 100 valence electrons. The number of aliphatic hydroxyl groups excluding tert-OH is 1. The van der Waals surface area contributed by atoms with Crippen LogP contribution in [0.15, 0.2) is 36.4 Å². The third kappa shape index (κ3) is 3.53. The molecule has 0 saturated heterocycles. The van der Waals surface area contributed by atoms with E-state index in [2.05, 4.69) is 0 Å². The maximum Gasteiger partial charge on any atom is 0.456 e. The summed E-state index contributed by atoms with van der Waals surface area (Å²) in [5, 5.41) is 8.87. The lowest BCUT2D eigenvalue weighted by molar-refractivity contribution is -0.312. The molecule has 18 heavy (non-hydrogen) atoms. The van der Waals surface area contributed by atoms with Gasteiger partial charge in [-0.15, -0.1) is 0 Å². The molecule has 0 aliphatic carbocycles. The van der Waals surface area contributed by atoms with E-state index in [9.17, 15) is 22.0 Å². The van der Waals surface area contributed by atoms with Crippen molar-refractivity contribution in [3.8, 4) is 0 Å².